The minimum Gasteiger partial charge on any atom is -0.381 e. The van der Waals surface area contributed by atoms with E-state index < -0.39 is 5.54 Å². The molecule has 2 rings (SSSR count). The van der Waals surface area contributed by atoms with Crippen LogP contribution in [0.15, 0.2) is 0 Å². The molecule has 1 amide bonds. The molecule has 0 aromatic heterocycles. The van der Waals surface area contributed by atoms with Gasteiger partial charge in [-0.3, -0.25) is 4.79 Å². The summed E-state index contributed by atoms with van der Waals surface area (Å²) in [4.78, 5) is 12.1. The lowest BCUT2D eigenvalue weighted by Gasteiger charge is -2.32. The fourth-order valence-electron chi connectivity index (χ4n) is 2.00. The van der Waals surface area contributed by atoms with Crippen molar-refractivity contribution in [1.82, 2.24) is 5.32 Å². The highest BCUT2D eigenvalue weighted by Crippen LogP contribution is 2.24. The molecule has 0 aromatic rings. The van der Waals surface area contributed by atoms with Crippen molar-refractivity contribution in [3.8, 4) is 0 Å². The Balaban J connectivity index is 1.75. The molecule has 2 aliphatic heterocycles. The van der Waals surface area contributed by atoms with E-state index in [2.05, 4.69) is 5.32 Å². The summed E-state index contributed by atoms with van der Waals surface area (Å²) in [7, 11) is 0. The Kier molecular flexibility index (Phi) is 5.02. The van der Waals surface area contributed by atoms with Crippen LogP contribution in [0.3, 0.4) is 0 Å². The average molecular weight is 276 g/mol. The largest absolute Gasteiger partial charge is 0.381 e. The van der Waals surface area contributed by atoms with Gasteiger partial charge in [-0.15, -0.1) is 0 Å². The molecule has 0 spiro atoms. The molecule has 2 fully saturated rings. The zero-order valence-electron chi connectivity index (χ0n) is 9.94. The van der Waals surface area contributed by atoms with Crippen LogP contribution in [0, 0.1) is 0 Å². The molecule has 1 unspecified atom stereocenters. The minimum atomic E-state index is -0.704. The molecule has 0 bridgehead atoms. The predicted molar refractivity (Wildman–Crippen MR) is 73.6 cm³/mol. The van der Waals surface area contributed by atoms with Crippen molar-refractivity contribution in [2.75, 3.05) is 37.0 Å². The summed E-state index contributed by atoms with van der Waals surface area (Å²) in [6.45, 7) is 1.94. The van der Waals surface area contributed by atoms with Crippen molar-refractivity contribution in [3.63, 3.8) is 0 Å². The Hall–Kier alpha value is 0.0900. The summed E-state index contributed by atoms with van der Waals surface area (Å²) in [6.07, 6.45) is 1.26. The zero-order chi connectivity index (χ0) is 12.1. The van der Waals surface area contributed by atoms with Gasteiger partial charge in [0.2, 0.25) is 5.91 Å². The number of hydrogen-bond donors (Lipinski definition) is 2. The fourth-order valence-corrected chi connectivity index (χ4v) is 4.61. The quantitative estimate of drug-likeness (QED) is 0.784. The maximum Gasteiger partial charge on any atom is 0.240 e. The smallest absolute Gasteiger partial charge is 0.240 e. The minimum absolute atomic E-state index is 0.00280. The van der Waals surface area contributed by atoms with Crippen LogP contribution >= 0.6 is 23.5 Å². The first-order valence-electron chi connectivity index (χ1n) is 6.05. The number of carbonyl (C=O) groups excluding carboxylic acids is 1. The molecule has 1 atom stereocenters. The highest BCUT2D eigenvalue weighted by molar-refractivity contribution is 8.06. The standard InChI is InChI=1S/C11H20N2O2S2/c12-11(1-3-15-4-2-11)10(14)13-7-9-8-16-5-6-17-9/h9H,1-8,12H2,(H,13,14). The Morgan fingerprint density at radius 1 is 1.41 bits per heavy atom. The summed E-state index contributed by atoms with van der Waals surface area (Å²) in [6, 6.07) is 0. The Bertz CT molecular complexity index is 264. The number of hydrogen-bond acceptors (Lipinski definition) is 5. The monoisotopic (exact) mass is 276 g/mol. The molecule has 2 saturated heterocycles. The second-order valence-corrected chi connectivity index (χ2v) is 7.10. The molecule has 0 aliphatic carbocycles. The van der Waals surface area contributed by atoms with Gasteiger partial charge in [0.05, 0.1) is 5.54 Å². The van der Waals surface area contributed by atoms with Crippen LogP contribution in [0.1, 0.15) is 12.8 Å². The van der Waals surface area contributed by atoms with Gasteiger partial charge in [-0.1, -0.05) is 0 Å². The van der Waals surface area contributed by atoms with Crippen molar-refractivity contribution in [2.45, 2.75) is 23.6 Å². The van der Waals surface area contributed by atoms with Crippen molar-refractivity contribution < 1.29 is 9.53 Å². The first-order chi connectivity index (χ1) is 8.21. The molecule has 2 heterocycles. The van der Waals surface area contributed by atoms with E-state index in [1.54, 1.807) is 0 Å². The summed E-state index contributed by atoms with van der Waals surface area (Å²) >= 11 is 3.92. The normalized spacial score (nSPS) is 28.6. The average Bonchev–Trinajstić information content (AvgIpc) is 2.38. The van der Waals surface area contributed by atoms with E-state index in [-0.39, 0.29) is 5.91 Å². The van der Waals surface area contributed by atoms with Crippen molar-refractivity contribution in [3.05, 3.63) is 0 Å². The molecule has 17 heavy (non-hydrogen) atoms. The number of rotatable bonds is 3. The van der Waals surface area contributed by atoms with Crippen LogP contribution < -0.4 is 11.1 Å². The van der Waals surface area contributed by atoms with Crippen LogP contribution in [0.4, 0.5) is 0 Å². The van der Waals surface area contributed by atoms with Gasteiger partial charge in [-0.25, -0.2) is 0 Å². The van der Waals surface area contributed by atoms with Gasteiger partial charge >= 0.3 is 0 Å². The van der Waals surface area contributed by atoms with Gasteiger partial charge in [0.15, 0.2) is 0 Å². The van der Waals surface area contributed by atoms with Gasteiger partial charge in [-0.05, 0) is 12.8 Å². The topological polar surface area (TPSA) is 64.4 Å². The van der Waals surface area contributed by atoms with Gasteiger partial charge in [-0.2, -0.15) is 23.5 Å². The summed E-state index contributed by atoms with van der Waals surface area (Å²) in [5.74, 6) is 3.54. The molecule has 98 valence electrons. The Labute approximate surface area is 111 Å². The van der Waals surface area contributed by atoms with Gasteiger partial charge in [0, 0.05) is 42.3 Å². The van der Waals surface area contributed by atoms with E-state index in [1.807, 2.05) is 23.5 Å². The van der Waals surface area contributed by atoms with Crippen LogP contribution in [0.2, 0.25) is 0 Å². The second-order valence-electron chi connectivity index (χ2n) is 4.55. The predicted octanol–water partition coefficient (Wildman–Crippen LogP) is 0.459. The molecule has 0 radical (unpaired) electrons. The van der Waals surface area contributed by atoms with Crippen LogP contribution in [-0.4, -0.2) is 53.7 Å². The van der Waals surface area contributed by atoms with E-state index in [4.69, 9.17) is 10.5 Å². The summed E-state index contributed by atoms with van der Waals surface area (Å²) < 4.78 is 5.24. The second kappa shape index (κ2) is 6.31. The number of ether oxygens (including phenoxy) is 1. The van der Waals surface area contributed by atoms with E-state index in [1.165, 1.54) is 11.5 Å². The molecule has 0 saturated carbocycles. The van der Waals surface area contributed by atoms with Crippen LogP contribution in [0.5, 0.6) is 0 Å². The maximum atomic E-state index is 12.1. The number of amides is 1. The third kappa shape index (κ3) is 3.77. The van der Waals surface area contributed by atoms with E-state index in [9.17, 15) is 4.79 Å². The fraction of sp³-hybridized carbons (Fsp3) is 0.909. The molecule has 0 aromatic carbocycles. The molecule has 6 heteroatoms. The number of thioether (sulfide) groups is 2. The molecular formula is C11H20N2O2S2. The zero-order valence-corrected chi connectivity index (χ0v) is 11.6. The van der Waals surface area contributed by atoms with Crippen LogP contribution in [0.25, 0.3) is 0 Å². The van der Waals surface area contributed by atoms with Crippen LogP contribution in [-0.2, 0) is 9.53 Å². The van der Waals surface area contributed by atoms with E-state index in [0.29, 0.717) is 31.3 Å². The van der Waals surface area contributed by atoms with Gasteiger partial charge in [0.25, 0.3) is 0 Å². The highest BCUT2D eigenvalue weighted by Gasteiger charge is 2.35. The van der Waals surface area contributed by atoms with Crippen molar-refractivity contribution in [2.24, 2.45) is 5.73 Å². The van der Waals surface area contributed by atoms with E-state index in [0.717, 1.165) is 12.3 Å². The van der Waals surface area contributed by atoms with Crippen molar-refractivity contribution in [1.29, 1.82) is 0 Å². The van der Waals surface area contributed by atoms with Crippen molar-refractivity contribution >= 4 is 29.4 Å². The third-order valence-corrected chi connectivity index (χ3v) is 6.06. The lowest BCUT2D eigenvalue weighted by atomic mass is 9.90. The number of nitrogens with two attached hydrogens (primary N) is 1. The lowest BCUT2D eigenvalue weighted by Crippen LogP contribution is -2.57. The summed E-state index contributed by atoms with van der Waals surface area (Å²) in [5, 5.41) is 3.55. The molecular weight excluding hydrogens is 256 g/mol. The molecule has 2 aliphatic rings. The summed E-state index contributed by atoms with van der Waals surface area (Å²) in [5.41, 5.74) is 5.41. The number of nitrogens with one attached hydrogen (secondary N) is 1. The molecule has 4 nitrogen and oxygen atoms in total. The Morgan fingerprint density at radius 2 is 2.18 bits per heavy atom. The maximum absolute atomic E-state index is 12.1. The lowest BCUT2D eigenvalue weighted by molar-refractivity contribution is -0.129. The highest BCUT2D eigenvalue weighted by atomic mass is 32.2. The molecule has 3 N–H and O–H groups in total. The SMILES string of the molecule is NC1(C(=O)NCC2CSCCS2)CCOCC1. The van der Waals surface area contributed by atoms with Gasteiger partial charge < -0.3 is 15.8 Å². The number of carbonyl (C=O) groups is 1. The first kappa shape index (κ1) is 13.5. The Morgan fingerprint density at radius 3 is 2.82 bits per heavy atom. The first-order valence-corrected chi connectivity index (χ1v) is 8.25. The van der Waals surface area contributed by atoms with E-state index >= 15 is 0 Å². The third-order valence-electron chi connectivity index (χ3n) is 3.21. The van der Waals surface area contributed by atoms with Gasteiger partial charge in [0.1, 0.15) is 0 Å².